The van der Waals surface area contributed by atoms with Gasteiger partial charge in [-0.1, -0.05) is 24.3 Å². The first kappa shape index (κ1) is 18.5. The first-order valence-corrected chi connectivity index (χ1v) is 9.32. The fourth-order valence-electron chi connectivity index (χ4n) is 3.03. The van der Waals surface area contributed by atoms with Crippen LogP contribution >= 0.6 is 15.9 Å². The second kappa shape index (κ2) is 8.36. The quantitative estimate of drug-likeness (QED) is 0.769. The average Bonchev–Trinajstić information content (AvgIpc) is 2.68. The summed E-state index contributed by atoms with van der Waals surface area (Å²) in [4.78, 5) is 28.8. The van der Waals surface area contributed by atoms with E-state index in [1.807, 2.05) is 53.4 Å². The van der Waals surface area contributed by atoms with Gasteiger partial charge in [-0.15, -0.1) is 0 Å². The van der Waals surface area contributed by atoms with E-state index in [1.54, 1.807) is 12.0 Å². The topological polar surface area (TPSA) is 49.9 Å². The fraction of sp³-hybridized carbons (Fsp3) is 0.300. The van der Waals surface area contributed by atoms with Gasteiger partial charge in [0, 0.05) is 30.7 Å². The first-order valence-electron chi connectivity index (χ1n) is 8.53. The summed E-state index contributed by atoms with van der Waals surface area (Å²) < 4.78 is 5.99. The number of hydrogen-bond acceptors (Lipinski definition) is 3. The Kier molecular flexibility index (Phi) is 5.93. The Labute approximate surface area is 161 Å². The third-order valence-corrected chi connectivity index (χ3v) is 5.20. The third kappa shape index (κ3) is 4.25. The molecule has 136 valence electrons. The summed E-state index contributed by atoms with van der Waals surface area (Å²) in [5.41, 5.74) is 1.59. The van der Waals surface area contributed by atoms with Crippen LogP contribution < -0.4 is 4.74 Å². The zero-order valence-corrected chi connectivity index (χ0v) is 16.2. The van der Waals surface area contributed by atoms with Crippen molar-refractivity contribution in [3.8, 4) is 5.75 Å². The van der Waals surface area contributed by atoms with Crippen molar-refractivity contribution in [3.63, 3.8) is 0 Å². The van der Waals surface area contributed by atoms with Crippen LogP contribution in [0.25, 0.3) is 0 Å². The number of piperazine rings is 1. The zero-order valence-electron chi connectivity index (χ0n) is 14.7. The minimum Gasteiger partial charge on any atom is -0.497 e. The molecular weight excluding hydrogens is 396 g/mol. The maximum absolute atomic E-state index is 12.6. The second-order valence-electron chi connectivity index (χ2n) is 6.18. The molecule has 0 saturated carbocycles. The largest absolute Gasteiger partial charge is 0.497 e. The summed E-state index contributed by atoms with van der Waals surface area (Å²) in [7, 11) is 1.61. The van der Waals surface area contributed by atoms with Crippen molar-refractivity contribution in [2.45, 2.75) is 6.42 Å². The molecule has 1 fully saturated rings. The van der Waals surface area contributed by atoms with E-state index in [0.717, 1.165) is 15.8 Å². The van der Waals surface area contributed by atoms with Gasteiger partial charge in [0.1, 0.15) is 5.75 Å². The van der Waals surface area contributed by atoms with Gasteiger partial charge in [-0.05, 0) is 45.8 Å². The van der Waals surface area contributed by atoms with Crippen molar-refractivity contribution in [2.24, 2.45) is 0 Å². The SMILES string of the molecule is COc1cccc(CC(=O)N2CCN(C(=O)c3ccccc3Br)CC2)c1. The van der Waals surface area contributed by atoms with Gasteiger partial charge < -0.3 is 14.5 Å². The molecule has 2 aromatic rings. The van der Waals surface area contributed by atoms with Gasteiger partial charge >= 0.3 is 0 Å². The molecule has 1 aliphatic rings. The monoisotopic (exact) mass is 416 g/mol. The summed E-state index contributed by atoms with van der Waals surface area (Å²) in [6.07, 6.45) is 0.343. The molecule has 0 atom stereocenters. The lowest BCUT2D eigenvalue weighted by Crippen LogP contribution is -2.51. The number of nitrogens with zero attached hydrogens (tertiary/aromatic N) is 2. The molecular formula is C20H21BrN2O3. The number of benzene rings is 2. The molecule has 1 aliphatic heterocycles. The van der Waals surface area contributed by atoms with Gasteiger partial charge in [0.2, 0.25) is 5.91 Å². The van der Waals surface area contributed by atoms with Gasteiger partial charge in [-0.2, -0.15) is 0 Å². The summed E-state index contributed by atoms with van der Waals surface area (Å²) in [5, 5.41) is 0. The van der Waals surface area contributed by atoms with Crippen LogP contribution in [0.2, 0.25) is 0 Å². The van der Waals surface area contributed by atoms with Crippen LogP contribution in [0.1, 0.15) is 15.9 Å². The molecule has 0 radical (unpaired) electrons. The Morgan fingerprint density at radius 3 is 2.38 bits per heavy atom. The fourth-order valence-corrected chi connectivity index (χ4v) is 3.49. The molecule has 0 spiro atoms. The molecule has 0 aromatic heterocycles. The zero-order chi connectivity index (χ0) is 18.5. The maximum Gasteiger partial charge on any atom is 0.255 e. The van der Waals surface area contributed by atoms with E-state index in [9.17, 15) is 9.59 Å². The van der Waals surface area contributed by atoms with Gasteiger partial charge in [-0.3, -0.25) is 9.59 Å². The minimum absolute atomic E-state index is 0.00244. The molecule has 0 N–H and O–H groups in total. The van der Waals surface area contributed by atoms with Crippen molar-refractivity contribution < 1.29 is 14.3 Å². The minimum atomic E-state index is -0.00244. The smallest absolute Gasteiger partial charge is 0.255 e. The van der Waals surface area contributed by atoms with E-state index in [4.69, 9.17) is 4.74 Å². The highest BCUT2D eigenvalue weighted by Crippen LogP contribution is 2.19. The summed E-state index contributed by atoms with van der Waals surface area (Å²) >= 11 is 3.43. The number of methoxy groups -OCH3 is 1. The summed E-state index contributed by atoms with van der Waals surface area (Å²) in [5.74, 6) is 0.822. The Morgan fingerprint density at radius 2 is 1.69 bits per heavy atom. The van der Waals surface area contributed by atoms with Crippen LogP contribution in [-0.4, -0.2) is 54.9 Å². The molecule has 6 heteroatoms. The van der Waals surface area contributed by atoms with E-state index < -0.39 is 0 Å². The summed E-state index contributed by atoms with van der Waals surface area (Å²) in [6, 6.07) is 15.0. The highest BCUT2D eigenvalue weighted by Gasteiger charge is 2.25. The third-order valence-electron chi connectivity index (χ3n) is 4.51. The van der Waals surface area contributed by atoms with E-state index in [-0.39, 0.29) is 11.8 Å². The Balaban J connectivity index is 1.57. The molecule has 2 aromatic carbocycles. The van der Waals surface area contributed by atoms with E-state index in [2.05, 4.69) is 15.9 Å². The van der Waals surface area contributed by atoms with Crippen molar-refractivity contribution in [1.29, 1.82) is 0 Å². The van der Waals surface area contributed by atoms with E-state index >= 15 is 0 Å². The molecule has 1 heterocycles. The van der Waals surface area contributed by atoms with Gasteiger partial charge in [0.15, 0.2) is 0 Å². The standard InChI is InChI=1S/C20H21BrN2O3/c1-26-16-6-4-5-15(13-16)14-19(24)22-9-11-23(12-10-22)20(25)17-7-2-3-8-18(17)21/h2-8,13H,9-12,14H2,1H3. The molecule has 0 aliphatic carbocycles. The number of amides is 2. The Morgan fingerprint density at radius 1 is 1.00 bits per heavy atom. The van der Waals surface area contributed by atoms with Crippen molar-refractivity contribution in [1.82, 2.24) is 9.80 Å². The summed E-state index contributed by atoms with van der Waals surface area (Å²) in [6.45, 7) is 2.20. The predicted molar refractivity (Wildman–Crippen MR) is 103 cm³/mol. The van der Waals surface area contributed by atoms with Crippen LogP contribution in [0.5, 0.6) is 5.75 Å². The number of hydrogen-bond donors (Lipinski definition) is 0. The number of halogens is 1. The lowest BCUT2D eigenvalue weighted by atomic mass is 10.1. The molecule has 5 nitrogen and oxygen atoms in total. The molecule has 3 rings (SSSR count). The van der Waals surface area contributed by atoms with Crippen LogP contribution in [0.3, 0.4) is 0 Å². The Bertz CT molecular complexity index is 801. The van der Waals surface area contributed by atoms with Gasteiger partial charge in [-0.25, -0.2) is 0 Å². The number of ether oxygens (including phenoxy) is 1. The lowest BCUT2D eigenvalue weighted by Gasteiger charge is -2.35. The lowest BCUT2D eigenvalue weighted by molar-refractivity contribution is -0.131. The molecule has 26 heavy (non-hydrogen) atoms. The second-order valence-corrected chi connectivity index (χ2v) is 7.04. The Hall–Kier alpha value is -2.34. The van der Waals surface area contributed by atoms with E-state index in [1.165, 1.54) is 0 Å². The number of carbonyl (C=O) groups is 2. The van der Waals surface area contributed by atoms with Crippen LogP contribution in [0.4, 0.5) is 0 Å². The van der Waals surface area contributed by atoms with Gasteiger partial charge in [0.25, 0.3) is 5.91 Å². The average molecular weight is 417 g/mol. The normalized spacial score (nSPS) is 14.2. The highest BCUT2D eigenvalue weighted by molar-refractivity contribution is 9.10. The first-order chi connectivity index (χ1) is 12.6. The van der Waals surface area contributed by atoms with Crippen molar-refractivity contribution >= 4 is 27.7 Å². The van der Waals surface area contributed by atoms with Crippen molar-refractivity contribution in [3.05, 3.63) is 64.1 Å². The van der Waals surface area contributed by atoms with E-state index in [0.29, 0.717) is 38.2 Å². The highest BCUT2D eigenvalue weighted by atomic mass is 79.9. The maximum atomic E-state index is 12.6. The van der Waals surface area contributed by atoms with Crippen molar-refractivity contribution in [2.75, 3.05) is 33.3 Å². The predicted octanol–water partition coefficient (Wildman–Crippen LogP) is 2.98. The molecule has 0 unspecified atom stereocenters. The molecule has 2 amide bonds. The molecule has 1 saturated heterocycles. The van der Waals surface area contributed by atoms with Crippen LogP contribution in [0, 0.1) is 0 Å². The number of rotatable bonds is 4. The van der Waals surface area contributed by atoms with Gasteiger partial charge in [0.05, 0.1) is 19.1 Å². The van der Waals surface area contributed by atoms with Crippen LogP contribution in [0.15, 0.2) is 53.0 Å². The molecule has 0 bridgehead atoms. The van der Waals surface area contributed by atoms with Crippen LogP contribution in [-0.2, 0) is 11.2 Å². The number of carbonyl (C=O) groups excluding carboxylic acids is 2.